The maximum atomic E-state index is 12.9. The molecule has 3 N–H and O–H groups in total. The second kappa shape index (κ2) is 5.95. The molecule has 0 heterocycles. The lowest BCUT2D eigenvalue weighted by Crippen LogP contribution is -2.11. The molecule has 0 saturated heterocycles. The van der Waals surface area contributed by atoms with Crippen LogP contribution in [-0.2, 0) is 12.7 Å². The van der Waals surface area contributed by atoms with Gasteiger partial charge in [-0.2, -0.15) is 13.2 Å². The van der Waals surface area contributed by atoms with Crippen molar-refractivity contribution >= 4 is 11.4 Å². The molecular weight excluding hydrogens is 281 g/mol. The number of nitrogens with two attached hydrogens (primary N) is 1. The summed E-state index contributed by atoms with van der Waals surface area (Å²) in [5.74, 6) is 0.571. The quantitative estimate of drug-likeness (QED) is 0.841. The number of ether oxygens (including phenoxy) is 1. The van der Waals surface area contributed by atoms with Crippen molar-refractivity contribution in [2.75, 3.05) is 18.2 Å². The summed E-state index contributed by atoms with van der Waals surface area (Å²) in [5.41, 5.74) is 6.22. The predicted octanol–water partition coefficient (Wildman–Crippen LogP) is 3.91. The first-order valence-corrected chi connectivity index (χ1v) is 6.24. The summed E-state index contributed by atoms with van der Waals surface area (Å²) in [4.78, 5) is 0. The number of nitrogen functional groups attached to an aromatic ring is 1. The molecule has 6 heteroatoms. The Kier molecular flexibility index (Phi) is 4.26. The van der Waals surface area contributed by atoms with Crippen LogP contribution in [0.15, 0.2) is 42.5 Å². The zero-order valence-electron chi connectivity index (χ0n) is 11.4. The zero-order valence-corrected chi connectivity index (χ0v) is 11.4. The third-order valence-corrected chi connectivity index (χ3v) is 3.01. The van der Waals surface area contributed by atoms with Crippen molar-refractivity contribution in [3.8, 4) is 5.75 Å². The minimum Gasteiger partial charge on any atom is -0.496 e. The number of rotatable bonds is 4. The zero-order chi connectivity index (χ0) is 15.5. The lowest BCUT2D eigenvalue weighted by Gasteiger charge is -2.15. The van der Waals surface area contributed by atoms with Crippen molar-refractivity contribution < 1.29 is 17.9 Å². The molecule has 0 bridgehead atoms. The highest BCUT2D eigenvalue weighted by Gasteiger charge is 2.33. The number of para-hydroxylation sites is 1. The number of nitrogens with one attached hydrogen (secondary N) is 1. The van der Waals surface area contributed by atoms with Gasteiger partial charge in [-0.05, 0) is 30.3 Å². The fourth-order valence-corrected chi connectivity index (χ4v) is 2.01. The molecule has 3 nitrogen and oxygen atoms in total. The summed E-state index contributed by atoms with van der Waals surface area (Å²) in [6.07, 6.45) is -4.40. The van der Waals surface area contributed by atoms with Crippen molar-refractivity contribution in [3.63, 3.8) is 0 Å². The molecule has 112 valence electrons. The molecule has 0 aliphatic carbocycles. The number of alkyl halides is 3. The molecule has 0 aliphatic heterocycles. The van der Waals surface area contributed by atoms with E-state index >= 15 is 0 Å². The molecule has 0 atom stereocenters. The van der Waals surface area contributed by atoms with Gasteiger partial charge in [0, 0.05) is 23.5 Å². The Morgan fingerprint density at radius 1 is 1.14 bits per heavy atom. The Labute approximate surface area is 120 Å². The standard InChI is InChI=1S/C15H15F3N2O/c1-21-14-7-6-11(19)8-10(14)9-20-13-5-3-2-4-12(13)15(16,17)18/h2-8,20H,9,19H2,1H3. The maximum absolute atomic E-state index is 12.9. The van der Waals surface area contributed by atoms with E-state index in [0.29, 0.717) is 17.0 Å². The highest BCUT2D eigenvalue weighted by molar-refractivity contribution is 5.55. The smallest absolute Gasteiger partial charge is 0.418 e. The van der Waals surface area contributed by atoms with E-state index in [1.54, 1.807) is 24.3 Å². The molecule has 0 aliphatic rings. The number of hydrogen-bond acceptors (Lipinski definition) is 3. The molecule has 0 unspecified atom stereocenters. The molecule has 0 aromatic heterocycles. The maximum Gasteiger partial charge on any atom is 0.418 e. The van der Waals surface area contributed by atoms with Gasteiger partial charge < -0.3 is 15.8 Å². The van der Waals surface area contributed by atoms with Crippen LogP contribution >= 0.6 is 0 Å². The minimum absolute atomic E-state index is 0.0227. The number of halogens is 3. The van der Waals surface area contributed by atoms with E-state index in [4.69, 9.17) is 10.5 Å². The summed E-state index contributed by atoms with van der Waals surface area (Å²) in [5, 5.41) is 2.78. The lowest BCUT2D eigenvalue weighted by atomic mass is 10.1. The second-order valence-corrected chi connectivity index (χ2v) is 4.47. The van der Waals surface area contributed by atoms with Gasteiger partial charge in [-0.25, -0.2) is 0 Å². The Morgan fingerprint density at radius 3 is 2.52 bits per heavy atom. The first-order chi connectivity index (χ1) is 9.91. The van der Waals surface area contributed by atoms with Crippen LogP contribution in [0.5, 0.6) is 5.75 Å². The van der Waals surface area contributed by atoms with E-state index < -0.39 is 11.7 Å². The monoisotopic (exact) mass is 296 g/mol. The summed E-state index contributed by atoms with van der Waals surface area (Å²) in [6, 6.07) is 10.4. The minimum atomic E-state index is -4.40. The van der Waals surface area contributed by atoms with Crippen molar-refractivity contribution in [2.24, 2.45) is 0 Å². The van der Waals surface area contributed by atoms with Crippen LogP contribution in [0, 0.1) is 0 Å². The van der Waals surface area contributed by atoms with E-state index in [-0.39, 0.29) is 12.2 Å². The molecule has 2 aromatic carbocycles. The normalized spacial score (nSPS) is 11.2. The van der Waals surface area contributed by atoms with E-state index in [1.807, 2.05) is 0 Å². The van der Waals surface area contributed by atoms with Crippen LogP contribution in [0.1, 0.15) is 11.1 Å². The van der Waals surface area contributed by atoms with E-state index in [1.165, 1.54) is 19.2 Å². The first kappa shape index (κ1) is 15.0. The third kappa shape index (κ3) is 3.59. The average Bonchev–Trinajstić information content (AvgIpc) is 2.44. The van der Waals surface area contributed by atoms with Crippen molar-refractivity contribution in [2.45, 2.75) is 12.7 Å². The molecule has 0 spiro atoms. The number of anilines is 2. The van der Waals surface area contributed by atoms with Gasteiger partial charge >= 0.3 is 6.18 Å². The summed E-state index contributed by atoms with van der Waals surface area (Å²) >= 11 is 0. The Balaban J connectivity index is 2.23. The summed E-state index contributed by atoms with van der Waals surface area (Å²) in [7, 11) is 1.50. The van der Waals surface area contributed by atoms with Crippen LogP contribution < -0.4 is 15.8 Å². The van der Waals surface area contributed by atoms with Crippen molar-refractivity contribution in [1.82, 2.24) is 0 Å². The van der Waals surface area contributed by atoms with Gasteiger partial charge in [0.1, 0.15) is 5.75 Å². The van der Waals surface area contributed by atoms with Crippen LogP contribution in [-0.4, -0.2) is 7.11 Å². The summed E-state index contributed by atoms with van der Waals surface area (Å²) in [6.45, 7) is 0.182. The molecule has 0 radical (unpaired) electrons. The van der Waals surface area contributed by atoms with Gasteiger partial charge in [0.15, 0.2) is 0 Å². The highest BCUT2D eigenvalue weighted by Crippen LogP contribution is 2.35. The molecule has 21 heavy (non-hydrogen) atoms. The molecular formula is C15H15F3N2O. The lowest BCUT2D eigenvalue weighted by molar-refractivity contribution is -0.136. The first-order valence-electron chi connectivity index (χ1n) is 6.24. The average molecular weight is 296 g/mol. The van der Waals surface area contributed by atoms with Crippen LogP contribution in [0.2, 0.25) is 0 Å². The van der Waals surface area contributed by atoms with Crippen LogP contribution in [0.3, 0.4) is 0 Å². The molecule has 2 rings (SSSR count). The van der Waals surface area contributed by atoms with E-state index in [2.05, 4.69) is 5.32 Å². The number of benzene rings is 2. The van der Waals surface area contributed by atoms with Gasteiger partial charge in [-0.1, -0.05) is 12.1 Å². The van der Waals surface area contributed by atoms with Crippen molar-refractivity contribution in [1.29, 1.82) is 0 Å². The third-order valence-electron chi connectivity index (χ3n) is 3.01. The SMILES string of the molecule is COc1ccc(N)cc1CNc1ccccc1C(F)(F)F. The Hall–Kier alpha value is -2.37. The number of methoxy groups -OCH3 is 1. The molecule has 0 saturated carbocycles. The fourth-order valence-electron chi connectivity index (χ4n) is 2.01. The predicted molar refractivity (Wildman–Crippen MR) is 76.2 cm³/mol. The van der Waals surface area contributed by atoms with Crippen molar-refractivity contribution in [3.05, 3.63) is 53.6 Å². The Morgan fingerprint density at radius 2 is 1.86 bits per heavy atom. The van der Waals surface area contributed by atoms with Gasteiger partial charge in [0.2, 0.25) is 0 Å². The van der Waals surface area contributed by atoms with Crippen LogP contribution in [0.25, 0.3) is 0 Å². The number of hydrogen-bond donors (Lipinski definition) is 2. The second-order valence-electron chi connectivity index (χ2n) is 4.47. The highest BCUT2D eigenvalue weighted by atomic mass is 19.4. The molecule has 0 amide bonds. The largest absolute Gasteiger partial charge is 0.496 e. The van der Waals surface area contributed by atoms with Crippen LogP contribution in [0.4, 0.5) is 24.5 Å². The van der Waals surface area contributed by atoms with E-state index in [9.17, 15) is 13.2 Å². The topological polar surface area (TPSA) is 47.3 Å². The van der Waals surface area contributed by atoms with Gasteiger partial charge in [-0.15, -0.1) is 0 Å². The molecule has 0 fully saturated rings. The summed E-state index contributed by atoms with van der Waals surface area (Å²) < 4.78 is 43.9. The van der Waals surface area contributed by atoms with Gasteiger partial charge in [-0.3, -0.25) is 0 Å². The van der Waals surface area contributed by atoms with E-state index in [0.717, 1.165) is 6.07 Å². The van der Waals surface area contributed by atoms with Gasteiger partial charge in [0.25, 0.3) is 0 Å². The molecule has 2 aromatic rings. The van der Waals surface area contributed by atoms with Gasteiger partial charge in [0.05, 0.1) is 12.7 Å². The fraction of sp³-hybridized carbons (Fsp3) is 0.200. The Bertz CT molecular complexity index is 627.